The highest BCUT2D eigenvalue weighted by molar-refractivity contribution is 6.39. The molecule has 0 aliphatic heterocycles. The number of quaternary nitrogens is 1. The van der Waals surface area contributed by atoms with Gasteiger partial charge in [0.25, 0.3) is 0 Å². The Bertz CT molecular complexity index is 1810. The number of rotatable bonds is 24. The molecule has 0 aliphatic carbocycles. The van der Waals surface area contributed by atoms with Crippen molar-refractivity contribution in [3.63, 3.8) is 0 Å². The van der Waals surface area contributed by atoms with Gasteiger partial charge >= 0.3 is 32.0 Å². The lowest BCUT2D eigenvalue weighted by Gasteiger charge is -2.24. The van der Waals surface area contributed by atoms with Crippen LogP contribution < -0.4 is 18.9 Å². The molecule has 1 N–H and O–H groups in total. The highest BCUT2D eigenvalue weighted by Crippen LogP contribution is 2.36. The zero-order chi connectivity index (χ0) is 47.2. The van der Waals surface area contributed by atoms with Crippen LogP contribution in [0.4, 0.5) is 58.4 Å². The van der Waals surface area contributed by atoms with E-state index in [-0.39, 0.29) is 22.9 Å². The van der Waals surface area contributed by atoms with Crippen molar-refractivity contribution in [2.75, 3.05) is 13.1 Å². The van der Waals surface area contributed by atoms with Gasteiger partial charge in [-0.15, -0.1) is 0 Å². The first-order chi connectivity index (χ1) is 30.2. The van der Waals surface area contributed by atoms with Crippen LogP contribution in [0.25, 0.3) is 0 Å². The molecule has 0 bridgehead atoms. The molecule has 0 aromatic heterocycles. The maximum atomic E-state index is 14.1. The fourth-order valence-electron chi connectivity index (χ4n) is 6.67. The summed E-state index contributed by atoms with van der Waals surface area (Å²) in [7, 11) is -1.81. The normalized spacial score (nSPS) is 12.6. The van der Waals surface area contributed by atoms with E-state index in [2.05, 4.69) is 19.9 Å². The van der Waals surface area contributed by atoms with Gasteiger partial charge in [0.15, 0.2) is 11.4 Å². The van der Waals surface area contributed by atoms with E-state index in [1.54, 1.807) is 0 Å². The summed E-state index contributed by atoms with van der Waals surface area (Å²) in [6.45, 7) is 5.28. The van der Waals surface area contributed by atoms with E-state index in [1.807, 2.05) is 0 Å². The van der Waals surface area contributed by atoms with Gasteiger partial charge in [-0.25, -0.2) is 0 Å². The predicted molar refractivity (Wildman–Crippen MR) is 223 cm³/mol. The highest BCUT2D eigenvalue weighted by Gasteiger charge is 2.38. The molecule has 4 nitrogen and oxygen atoms in total. The van der Waals surface area contributed by atoms with Crippen LogP contribution in [-0.4, -0.2) is 20.4 Å². The van der Waals surface area contributed by atoms with Gasteiger partial charge in [-0.3, -0.25) is 4.90 Å². The van der Waals surface area contributed by atoms with Gasteiger partial charge in [-0.2, -0.15) is 83.0 Å². The first-order valence-electron chi connectivity index (χ1n) is 21.7. The Hall–Kier alpha value is -4.54. The van der Waals surface area contributed by atoms with E-state index in [1.165, 1.54) is 50.7 Å². The van der Waals surface area contributed by atoms with E-state index in [0.717, 1.165) is 142 Å². The average Bonchev–Trinajstić information content (AvgIpc) is 3.23. The Kier molecular flexibility index (Phi) is 22.2. The van der Waals surface area contributed by atoms with Crippen molar-refractivity contribution in [3.05, 3.63) is 119 Å². The van der Waals surface area contributed by atoms with Gasteiger partial charge < -0.3 is 14.0 Å². The second-order valence-electron chi connectivity index (χ2n) is 15.4. The lowest BCUT2D eigenvalue weighted by atomic mass is 10.1. The molecule has 1 atom stereocenters. The molecular formula is C47H56BF12NO3. The van der Waals surface area contributed by atoms with Gasteiger partial charge in [0.2, 0.25) is 0 Å². The zero-order valence-corrected chi connectivity index (χ0v) is 36.0. The summed E-state index contributed by atoms with van der Waals surface area (Å²) in [6, 6.07) is 17.1. The summed E-state index contributed by atoms with van der Waals surface area (Å²) >= 11 is 0. The first kappa shape index (κ1) is 53.8. The van der Waals surface area contributed by atoms with Crippen molar-refractivity contribution >= 4 is 13.0 Å². The summed E-state index contributed by atoms with van der Waals surface area (Å²) in [6.07, 6.45) is -2.32. The Balaban J connectivity index is 0.000000955. The van der Waals surface area contributed by atoms with Crippen molar-refractivity contribution < 1.29 is 71.5 Å². The Morgan fingerprint density at radius 1 is 0.422 bits per heavy atom. The molecule has 0 aliphatic rings. The number of hydrogen-bond donors (Lipinski definition) is 1. The number of hydrogen-bond acceptors (Lipinski definition) is 3. The topological polar surface area (TPSA) is 32.1 Å². The predicted octanol–water partition coefficient (Wildman–Crippen LogP) is 15.2. The fraction of sp³-hybridized carbons (Fsp3) is 0.489. The van der Waals surface area contributed by atoms with Crippen LogP contribution in [0.3, 0.4) is 0 Å². The van der Waals surface area contributed by atoms with Crippen LogP contribution in [0.2, 0.25) is 0 Å². The van der Waals surface area contributed by atoms with Crippen molar-refractivity contribution in [1.82, 2.24) is 0 Å². The molecule has 0 saturated carbocycles. The smallest absolute Gasteiger partial charge is 0.490 e. The molecule has 4 aromatic carbocycles. The molecular weight excluding hydrogens is 865 g/mol. The zero-order valence-electron chi connectivity index (χ0n) is 36.0. The lowest BCUT2D eigenvalue weighted by Crippen LogP contribution is -3.07. The molecule has 4 rings (SSSR count). The minimum atomic E-state index is -4.66. The van der Waals surface area contributed by atoms with Crippen molar-refractivity contribution in [2.24, 2.45) is 0 Å². The Labute approximate surface area is 368 Å². The van der Waals surface area contributed by atoms with E-state index in [9.17, 15) is 52.7 Å². The number of unbranched alkanes of at least 4 members (excludes halogenated alkanes) is 13. The van der Waals surface area contributed by atoms with Crippen LogP contribution in [0.15, 0.2) is 91.0 Å². The summed E-state index contributed by atoms with van der Waals surface area (Å²) in [5.41, 5.74) is -3.23. The third-order valence-corrected chi connectivity index (χ3v) is 10.2. The van der Waals surface area contributed by atoms with Gasteiger partial charge in [0.1, 0.15) is 11.5 Å². The van der Waals surface area contributed by atoms with E-state index in [4.69, 9.17) is 14.0 Å². The SMILES string of the molecule is CCCCCCCCCCCCC[NH+](CCCCCC)c1cc(C(F)(F)F)ccc1OB(Oc1ccc(C(F)(F)F)cc1)Oc1ccc(C(F)(F)F)cc1.FC(F)(F)c1cc[c-]cc1. The molecule has 0 radical (unpaired) electrons. The molecule has 1 unspecified atom stereocenters. The maximum Gasteiger partial charge on any atom is 0.864 e. The van der Waals surface area contributed by atoms with Gasteiger partial charge in [-0.05, 0) is 86.3 Å². The highest BCUT2D eigenvalue weighted by atomic mass is 19.4. The third-order valence-electron chi connectivity index (χ3n) is 10.2. The molecule has 0 saturated heterocycles. The minimum absolute atomic E-state index is 0.0274. The van der Waals surface area contributed by atoms with E-state index < -0.39 is 54.3 Å². The minimum Gasteiger partial charge on any atom is -0.490 e. The monoisotopic (exact) mass is 921 g/mol. The summed E-state index contributed by atoms with van der Waals surface area (Å²) in [4.78, 5) is 0.755. The third kappa shape index (κ3) is 20.1. The molecule has 64 heavy (non-hydrogen) atoms. The standard InChI is InChI=1S/C40H51BF9NO3.C7H4F3/c1-3-5-7-9-10-11-12-13-14-15-17-29-51(28-16-8-6-4-2)36-30-33(40(48,49)50)22-27-37(36)54-41(52-34-23-18-31(19-24-34)38(42,43)44)53-35-25-20-32(21-26-35)39(45,46)47;8-7(9,10)6-4-2-1-3-5-6/h18-27,30H,3-17,28-29H2,1-2H3;2-5H/q;-1/p+1. The molecule has 17 heteroatoms. The van der Waals surface area contributed by atoms with Crippen LogP contribution >= 0.6 is 0 Å². The quantitative estimate of drug-likeness (QED) is 0.0329. The van der Waals surface area contributed by atoms with Crippen molar-refractivity contribution in [1.29, 1.82) is 0 Å². The Morgan fingerprint density at radius 2 is 0.766 bits per heavy atom. The summed E-state index contributed by atoms with van der Waals surface area (Å²) in [5, 5.41) is 0. The van der Waals surface area contributed by atoms with E-state index in [0.29, 0.717) is 13.1 Å². The number of benzene rings is 4. The largest absolute Gasteiger partial charge is 0.864 e. The summed E-state index contributed by atoms with van der Waals surface area (Å²) < 4.78 is 174. The van der Waals surface area contributed by atoms with E-state index >= 15 is 0 Å². The molecule has 0 fully saturated rings. The number of alkyl halides is 12. The second-order valence-corrected chi connectivity index (χ2v) is 15.4. The summed E-state index contributed by atoms with van der Waals surface area (Å²) in [5.74, 6) is -0.309. The lowest BCUT2D eigenvalue weighted by molar-refractivity contribution is -0.833. The molecule has 0 spiro atoms. The van der Waals surface area contributed by atoms with Gasteiger partial charge in [0, 0.05) is 6.07 Å². The van der Waals surface area contributed by atoms with Crippen LogP contribution in [-0.2, 0) is 24.7 Å². The first-order valence-corrected chi connectivity index (χ1v) is 21.7. The van der Waals surface area contributed by atoms with Gasteiger partial charge in [-0.1, -0.05) is 90.0 Å². The van der Waals surface area contributed by atoms with Crippen molar-refractivity contribution in [2.45, 2.75) is 135 Å². The van der Waals surface area contributed by atoms with Crippen LogP contribution in [0, 0.1) is 6.07 Å². The fourth-order valence-corrected chi connectivity index (χ4v) is 6.67. The average molecular weight is 922 g/mol. The molecule has 0 amide bonds. The molecule has 4 aromatic rings. The van der Waals surface area contributed by atoms with Gasteiger partial charge in [0.05, 0.1) is 29.8 Å². The maximum absolute atomic E-state index is 14.1. The van der Waals surface area contributed by atoms with Crippen LogP contribution in [0.5, 0.6) is 17.2 Å². The second kappa shape index (κ2) is 26.4. The molecule has 354 valence electrons. The number of nitrogens with one attached hydrogen (secondary N) is 1. The molecule has 0 heterocycles. The Morgan fingerprint density at radius 3 is 1.14 bits per heavy atom. The van der Waals surface area contributed by atoms with Crippen LogP contribution in [0.1, 0.15) is 132 Å². The van der Waals surface area contributed by atoms with Crippen molar-refractivity contribution in [3.8, 4) is 17.2 Å². The number of halogens is 12.